The van der Waals surface area contributed by atoms with Crippen molar-refractivity contribution in [1.82, 2.24) is 15.6 Å². The van der Waals surface area contributed by atoms with Gasteiger partial charge in [-0.25, -0.2) is 0 Å². The molecular formula is C11H15F2IN4O. The van der Waals surface area contributed by atoms with Gasteiger partial charge >= 0.3 is 6.61 Å². The number of nitrogens with one attached hydrogen (secondary N) is 2. The summed E-state index contributed by atoms with van der Waals surface area (Å²) < 4.78 is 28.1. The van der Waals surface area contributed by atoms with E-state index in [9.17, 15) is 8.78 Å². The SMILES string of the molecule is CC1CN=C(NCc2ccc(OC(F)F)cn2)N1.I. The van der Waals surface area contributed by atoms with E-state index in [2.05, 4.69) is 25.3 Å². The van der Waals surface area contributed by atoms with Crippen molar-refractivity contribution in [2.24, 2.45) is 4.99 Å². The van der Waals surface area contributed by atoms with E-state index in [1.807, 2.05) is 6.92 Å². The van der Waals surface area contributed by atoms with E-state index in [-0.39, 0.29) is 29.7 Å². The van der Waals surface area contributed by atoms with E-state index in [4.69, 9.17) is 0 Å². The Bertz CT molecular complexity index is 427. The maximum absolute atomic E-state index is 11.9. The number of aliphatic imine (C=N–C) groups is 1. The van der Waals surface area contributed by atoms with Crippen LogP contribution in [0.25, 0.3) is 0 Å². The first-order valence-corrected chi connectivity index (χ1v) is 5.58. The van der Waals surface area contributed by atoms with Crippen molar-refractivity contribution in [2.45, 2.75) is 26.1 Å². The molecule has 0 saturated carbocycles. The second kappa shape index (κ2) is 7.41. The van der Waals surface area contributed by atoms with E-state index in [1.54, 1.807) is 6.07 Å². The lowest BCUT2D eigenvalue weighted by atomic mass is 10.3. The molecule has 2 N–H and O–H groups in total. The predicted molar refractivity (Wildman–Crippen MR) is 78.0 cm³/mol. The van der Waals surface area contributed by atoms with Crippen LogP contribution in [0.1, 0.15) is 12.6 Å². The highest BCUT2D eigenvalue weighted by Crippen LogP contribution is 2.12. The lowest BCUT2D eigenvalue weighted by Gasteiger charge is -2.09. The van der Waals surface area contributed by atoms with Crippen molar-refractivity contribution in [3.63, 3.8) is 0 Å². The van der Waals surface area contributed by atoms with Crippen molar-refractivity contribution < 1.29 is 13.5 Å². The standard InChI is InChI=1S/C11H14F2N4O.HI/c1-7-4-15-11(17-7)16-5-8-2-3-9(6-14-8)18-10(12)13;/h2-3,6-7,10H,4-5H2,1H3,(H2,15,16,17);1H. The zero-order chi connectivity index (χ0) is 13.0. The third-order valence-corrected chi connectivity index (χ3v) is 2.37. The van der Waals surface area contributed by atoms with Crippen molar-refractivity contribution in [3.05, 3.63) is 24.0 Å². The number of halogens is 3. The van der Waals surface area contributed by atoms with Crippen LogP contribution in [-0.2, 0) is 6.54 Å². The molecule has 2 heterocycles. The lowest BCUT2D eigenvalue weighted by Crippen LogP contribution is -2.37. The summed E-state index contributed by atoms with van der Waals surface area (Å²) >= 11 is 0. The van der Waals surface area contributed by atoms with Gasteiger partial charge in [-0.2, -0.15) is 8.78 Å². The number of aromatic nitrogens is 1. The Morgan fingerprint density at radius 2 is 2.32 bits per heavy atom. The Morgan fingerprint density at radius 1 is 1.53 bits per heavy atom. The van der Waals surface area contributed by atoms with Crippen LogP contribution >= 0.6 is 24.0 Å². The van der Waals surface area contributed by atoms with Crippen LogP contribution < -0.4 is 15.4 Å². The summed E-state index contributed by atoms with van der Waals surface area (Å²) in [6, 6.07) is 3.43. The third-order valence-electron chi connectivity index (χ3n) is 2.37. The molecule has 0 saturated heterocycles. The number of alkyl halides is 2. The van der Waals surface area contributed by atoms with Gasteiger partial charge in [0.25, 0.3) is 0 Å². The number of rotatable bonds is 4. The number of hydrogen-bond donors (Lipinski definition) is 2. The fourth-order valence-electron chi connectivity index (χ4n) is 1.52. The average Bonchev–Trinajstić information content (AvgIpc) is 2.74. The summed E-state index contributed by atoms with van der Waals surface area (Å²) in [5.41, 5.74) is 0.723. The molecule has 0 amide bonds. The second-order valence-corrected chi connectivity index (χ2v) is 3.95. The molecule has 0 spiro atoms. The van der Waals surface area contributed by atoms with Gasteiger partial charge in [-0.1, -0.05) is 0 Å². The summed E-state index contributed by atoms with van der Waals surface area (Å²) in [4.78, 5) is 8.24. The minimum Gasteiger partial charge on any atom is -0.433 e. The molecule has 0 aromatic carbocycles. The maximum Gasteiger partial charge on any atom is 0.387 e. The highest BCUT2D eigenvalue weighted by atomic mass is 127. The Balaban J connectivity index is 0.00000180. The van der Waals surface area contributed by atoms with Crippen LogP contribution in [0.3, 0.4) is 0 Å². The molecule has 5 nitrogen and oxygen atoms in total. The van der Waals surface area contributed by atoms with Crippen molar-refractivity contribution in [1.29, 1.82) is 0 Å². The molecule has 0 aliphatic carbocycles. The van der Waals surface area contributed by atoms with Crippen LogP contribution in [0, 0.1) is 0 Å². The number of guanidine groups is 1. The van der Waals surface area contributed by atoms with Gasteiger partial charge in [0.2, 0.25) is 0 Å². The third kappa shape index (κ3) is 5.13. The van der Waals surface area contributed by atoms with E-state index >= 15 is 0 Å². The molecule has 1 aromatic heterocycles. The van der Waals surface area contributed by atoms with Crippen molar-refractivity contribution >= 4 is 29.9 Å². The van der Waals surface area contributed by atoms with Gasteiger partial charge < -0.3 is 15.4 Å². The highest BCUT2D eigenvalue weighted by Gasteiger charge is 2.11. The smallest absolute Gasteiger partial charge is 0.387 e. The number of hydrogen-bond acceptors (Lipinski definition) is 5. The maximum atomic E-state index is 11.9. The molecule has 1 aliphatic heterocycles. The van der Waals surface area contributed by atoms with Gasteiger partial charge in [-0.15, -0.1) is 24.0 Å². The minimum absolute atomic E-state index is 0. The van der Waals surface area contributed by atoms with Gasteiger partial charge in [0.1, 0.15) is 5.75 Å². The largest absolute Gasteiger partial charge is 0.433 e. The van der Waals surface area contributed by atoms with Gasteiger partial charge in [0.05, 0.1) is 25.0 Å². The Hall–Kier alpha value is -1.19. The molecular weight excluding hydrogens is 369 g/mol. The van der Waals surface area contributed by atoms with Gasteiger partial charge in [0.15, 0.2) is 5.96 Å². The monoisotopic (exact) mass is 384 g/mol. The summed E-state index contributed by atoms with van der Waals surface area (Å²) in [7, 11) is 0. The van der Waals surface area contributed by atoms with Crippen LogP contribution in [-0.4, -0.2) is 30.1 Å². The molecule has 1 atom stereocenters. The highest BCUT2D eigenvalue weighted by molar-refractivity contribution is 14.0. The summed E-state index contributed by atoms with van der Waals surface area (Å²) in [5.74, 6) is 0.788. The zero-order valence-electron chi connectivity index (χ0n) is 10.3. The van der Waals surface area contributed by atoms with Crippen LogP contribution in [0.2, 0.25) is 0 Å². The quantitative estimate of drug-likeness (QED) is 0.777. The molecule has 2 rings (SSSR count). The minimum atomic E-state index is -2.82. The fraction of sp³-hybridized carbons (Fsp3) is 0.455. The normalized spacial score (nSPS) is 17.5. The van der Waals surface area contributed by atoms with E-state index < -0.39 is 6.61 Å². The van der Waals surface area contributed by atoms with Crippen LogP contribution in [0.4, 0.5) is 8.78 Å². The number of nitrogens with zero attached hydrogens (tertiary/aromatic N) is 2. The molecule has 1 aliphatic rings. The van der Waals surface area contributed by atoms with Crippen LogP contribution in [0.15, 0.2) is 23.3 Å². The molecule has 8 heteroatoms. The molecule has 0 bridgehead atoms. The molecule has 0 radical (unpaired) electrons. The van der Waals surface area contributed by atoms with Crippen LogP contribution in [0.5, 0.6) is 5.75 Å². The van der Waals surface area contributed by atoms with Gasteiger partial charge in [0, 0.05) is 6.04 Å². The first-order chi connectivity index (χ1) is 8.63. The molecule has 1 aromatic rings. The predicted octanol–water partition coefficient (Wildman–Crippen LogP) is 1.74. The summed E-state index contributed by atoms with van der Waals surface area (Å²) in [6.07, 6.45) is 1.27. The molecule has 1 unspecified atom stereocenters. The number of pyridine rings is 1. The summed E-state index contributed by atoms with van der Waals surface area (Å²) in [6.45, 7) is 0.437. The molecule has 19 heavy (non-hydrogen) atoms. The first-order valence-electron chi connectivity index (χ1n) is 5.58. The molecule has 0 fully saturated rings. The zero-order valence-corrected chi connectivity index (χ0v) is 12.6. The Labute approximate surface area is 126 Å². The average molecular weight is 384 g/mol. The van der Waals surface area contributed by atoms with Gasteiger partial charge in [-0.3, -0.25) is 9.98 Å². The topological polar surface area (TPSA) is 58.5 Å². The summed E-state index contributed by atoms with van der Waals surface area (Å²) in [5, 5.41) is 6.22. The van der Waals surface area contributed by atoms with E-state index in [1.165, 1.54) is 12.3 Å². The lowest BCUT2D eigenvalue weighted by molar-refractivity contribution is -0.0500. The Morgan fingerprint density at radius 3 is 2.84 bits per heavy atom. The van der Waals surface area contributed by atoms with E-state index in [0.717, 1.165) is 18.2 Å². The van der Waals surface area contributed by atoms with Gasteiger partial charge in [-0.05, 0) is 19.1 Å². The van der Waals surface area contributed by atoms with Crippen molar-refractivity contribution in [2.75, 3.05) is 6.54 Å². The van der Waals surface area contributed by atoms with Crippen molar-refractivity contribution in [3.8, 4) is 5.75 Å². The second-order valence-electron chi connectivity index (χ2n) is 3.95. The number of ether oxygens (including phenoxy) is 1. The first kappa shape index (κ1) is 15.9. The molecule has 106 valence electrons. The van der Waals surface area contributed by atoms with E-state index in [0.29, 0.717) is 12.6 Å². The Kier molecular flexibility index (Phi) is 6.19. The fourth-order valence-corrected chi connectivity index (χ4v) is 1.52.